The molecule has 1 fully saturated rings. The van der Waals surface area contributed by atoms with Gasteiger partial charge in [0.25, 0.3) is 0 Å². The van der Waals surface area contributed by atoms with Gasteiger partial charge in [0.1, 0.15) is 0 Å². The van der Waals surface area contributed by atoms with Gasteiger partial charge in [-0.3, -0.25) is 0 Å². The van der Waals surface area contributed by atoms with E-state index in [2.05, 4.69) is 29.6 Å². The van der Waals surface area contributed by atoms with Crippen LogP contribution in [0.4, 0.5) is 5.69 Å². The molecule has 3 rings (SSSR count). The zero-order chi connectivity index (χ0) is 7.26. The van der Waals surface area contributed by atoms with Gasteiger partial charge in [0.15, 0.2) is 0 Å². The zero-order valence-electron chi connectivity index (χ0n) is 6.38. The second-order valence-electron chi connectivity index (χ2n) is 3.57. The van der Waals surface area contributed by atoms with Crippen molar-refractivity contribution in [1.82, 2.24) is 0 Å². The number of hydrogen-bond acceptors (Lipinski definition) is 1. The molecule has 0 aromatic heterocycles. The Bertz CT molecular complexity index is 293. The Balaban J connectivity index is 2.14. The molecular formula is C10H11N. The minimum absolute atomic E-state index is 0.896. The lowest BCUT2D eigenvalue weighted by atomic mass is 10.0. The van der Waals surface area contributed by atoms with Gasteiger partial charge in [-0.25, -0.2) is 0 Å². The summed E-state index contributed by atoms with van der Waals surface area (Å²) < 4.78 is 0. The van der Waals surface area contributed by atoms with Crippen LogP contribution in [0.25, 0.3) is 0 Å². The standard InChI is InChI=1S/C10H11N/c1-2-4-10-8(3-1)9-5-7(9)6-11-10/h1-4,7,9,11H,5-6H2/t7-,9+/m0/s1. The molecule has 1 N–H and O–H groups in total. The second kappa shape index (κ2) is 1.79. The van der Waals surface area contributed by atoms with Crippen molar-refractivity contribution in [2.45, 2.75) is 12.3 Å². The topological polar surface area (TPSA) is 12.0 Å². The first kappa shape index (κ1) is 5.64. The minimum atomic E-state index is 0.896. The summed E-state index contributed by atoms with van der Waals surface area (Å²) in [5.41, 5.74) is 2.91. The molecule has 1 aliphatic carbocycles. The normalized spacial score (nSPS) is 31.6. The molecule has 0 amide bonds. The lowest BCUT2D eigenvalue weighted by Crippen LogP contribution is -2.11. The SMILES string of the molecule is c1ccc2c(c1)NC[C@@H]1C[C@@H]21. The number of benzene rings is 1. The third-order valence-corrected chi connectivity index (χ3v) is 2.84. The lowest BCUT2D eigenvalue weighted by molar-refractivity contribution is 0.817. The molecule has 0 spiro atoms. The summed E-state index contributed by atoms with van der Waals surface area (Å²) in [4.78, 5) is 0. The van der Waals surface area contributed by atoms with Crippen LogP contribution in [0, 0.1) is 5.92 Å². The van der Waals surface area contributed by atoms with Gasteiger partial charge in [0.2, 0.25) is 0 Å². The van der Waals surface area contributed by atoms with Crippen LogP contribution in [-0.2, 0) is 0 Å². The van der Waals surface area contributed by atoms with E-state index in [1.165, 1.54) is 18.7 Å². The molecule has 2 atom stereocenters. The van der Waals surface area contributed by atoms with Gasteiger partial charge in [0, 0.05) is 12.2 Å². The third-order valence-electron chi connectivity index (χ3n) is 2.84. The molecule has 0 bridgehead atoms. The highest BCUT2D eigenvalue weighted by Crippen LogP contribution is 2.52. The van der Waals surface area contributed by atoms with Crippen LogP contribution in [0.3, 0.4) is 0 Å². The number of nitrogens with one attached hydrogen (secondary N) is 1. The van der Waals surface area contributed by atoms with Gasteiger partial charge in [-0.1, -0.05) is 18.2 Å². The number of fused-ring (bicyclic) bond motifs is 3. The first-order valence-corrected chi connectivity index (χ1v) is 4.28. The number of rotatable bonds is 0. The Hall–Kier alpha value is -0.980. The van der Waals surface area contributed by atoms with E-state index < -0.39 is 0 Å². The monoisotopic (exact) mass is 145 g/mol. The van der Waals surface area contributed by atoms with Crippen LogP contribution < -0.4 is 5.32 Å². The fourth-order valence-electron chi connectivity index (χ4n) is 2.08. The molecule has 0 saturated heterocycles. The maximum atomic E-state index is 3.45. The van der Waals surface area contributed by atoms with Crippen molar-refractivity contribution in [3.05, 3.63) is 29.8 Å². The fourth-order valence-corrected chi connectivity index (χ4v) is 2.08. The average Bonchev–Trinajstić information content (AvgIpc) is 2.83. The van der Waals surface area contributed by atoms with Gasteiger partial charge in [-0.15, -0.1) is 0 Å². The first-order valence-electron chi connectivity index (χ1n) is 4.28. The summed E-state index contributed by atoms with van der Waals surface area (Å²) in [6, 6.07) is 8.69. The van der Waals surface area contributed by atoms with Crippen LogP contribution in [0.1, 0.15) is 17.9 Å². The smallest absolute Gasteiger partial charge is 0.0375 e. The van der Waals surface area contributed by atoms with Crippen molar-refractivity contribution in [1.29, 1.82) is 0 Å². The van der Waals surface area contributed by atoms with Crippen LogP contribution in [-0.4, -0.2) is 6.54 Å². The quantitative estimate of drug-likeness (QED) is 0.590. The molecule has 1 heterocycles. The van der Waals surface area contributed by atoms with Crippen molar-refractivity contribution in [2.75, 3.05) is 11.9 Å². The molecule has 0 radical (unpaired) electrons. The zero-order valence-corrected chi connectivity index (χ0v) is 6.38. The highest BCUT2D eigenvalue weighted by Gasteiger charge is 2.41. The van der Waals surface area contributed by atoms with Crippen molar-refractivity contribution in [3.8, 4) is 0 Å². The summed E-state index contributed by atoms with van der Waals surface area (Å²) in [6.45, 7) is 1.20. The van der Waals surface area contributed by atoms with E-state index in [0.29, 0.717) is 0 Å². The average molecular weight is 145 g/mol. The first-order chi connectivity index (χ1) is 5.45. The molecule has 1 aliphatic heterocycles. The molecule has 1 aromatic carbocycles. The van der Waals surface area contributed by atoms with Gasteiger partial charge in [0.05, 0.1) is 0 Å². The predicted molar refractivity (Wildman–Crippen MR) is 45.8 cm³/mol. The minimum Gasteiger partial charge on any atom is -0.385 e. The molecule has 1 heteroatoms. The van der Waals surface area contributed by atoms with Gasteiger partial charge in [-0.05, 0) is 29.9 Å². The second-order valence-corrected chi connectivity index (χ2v) is 3.57. The number of anilines is 1. The van der Waals surface area contributed by atoms with Gasteiger partial charge in [-0.2, -0.15) is 0 Å². The molecule has 0 unspecified atom stereocenters. The van der Waals surface area contributed by atoms with Gasteiger partial charge >= 0.3 is 0 Å². The molecule has 56 valence electrons. The van der Waals surface area contributed by atoms with Crippen molar-refractivity contribution >= 4 is 5.69 Å². The van der Waals surface area contributed by atoms with E-state index in [1.807, 2.05) is 0 Å². The molecule has 1 aromatic rings. The Morgan fingerprint density at radius 2 is 2.18 bits per heavy atom. The lowest BCUT2D eigenvalue weighted by Gasteiger charge is -2.16. The van der Waals surface area contributed by atoms with E-state index >= 15 is 0 Å². The van der Waals surface area contributed by atoms with Crippen LogP contribution in [0.15, 0.2) is 24.3 Å². The van der Waals surface area contributed by atoms with E-state index in [0.717, 1.165) is 11.8 Å². The van der Waals surface area contributed by atoms with Crippen LogP contribution in [0.2, 0.25) is 0 Å². The number of para-hydroxylation sites is 1. The Labute approximate surface area is 66.4 Å². The van der Waals surface area contributed by atoms with Crippen molar-refractivity contribution < 1.29 is 0 Å². The molecule has 11 heavy (non-hydrogen) atoms. The highest BCUT2D eigenvalue weighted by molar-refractivity contribution is 5.57. The summed E-state index contributed by atoms with van der Waals surface area (Å²) in [5, 5.41) is 3.45. The van der Waals surface area contributed by atoms with Crippen LogP contribution >= 0.6 is 0 Å². The predicted octanol–water partition coefficient (Wildman–Crippen LogP) is 2.22. The molecule has 2 aliphatic rings. The maximum Gasteiger partial charge on any atom is 0.0375 e. The summed E-state index contributed by atoms with van der Waals surface area (Å²) >= 11 is 0. The van der Waals surface area contributed by atoms with E-state index in [9.17, 15) is 0 Å². The van der Waals surface area contributed by atoms with Crippen LogP contribution in [0.5, 0.6) is 0 Å². The largest absolute Gasteiger partial charge is 0.385 e. The summed E-state index contributed by atoms with van der Waals surface area (Å²) in [5.74, 6) is 1.84. The van der Waals surface area contributed by atoms with Crippen molar-refractivity contribution in [3.63, 3.8) is 0 Å². The maximum absolute atomic E-state index is 3.45. The molecule has 1 saturated carbocycles. The highest BCUT2D eigenvalue weighted by atomic mass is 14.9. The number of hydrogen-bond donors (Lipinski definition) is 1. The summed E-state index contributed by atoms with van der Waals surface area (Å²) in [6.07, 6.45) is 1.41. The van der Waals surface area contributed by atoms with E-state index in [4.69, 9.17) is 0 Å². The van der Waals surface area contributed by atoms with Gasteiger partial charge < -0.3 is 5.32 Å². The summed E-state index contributed by atoms with van der Waals surface area (Å²) in [7, 11) is 0. The van der Waals surface area contributed by atoms with Crippen molar-refractivity contribution in [2.24, 2.45) is 5.92 Å². The Morgan fingerprint density at radius 3 is 3.18 bits per heavy atom. The van der Waals surface area contributed by atoms with E-state index in [1.54, 1.807) is 5.56 Å². The molecule has 1 nitrogen and oxygen atoms in total. The Morgan fingerprint density at radius 1 is 1.27 bits per heavy atom. The Kier molecular flexibility index (Phi) is 0.916. The fraction of sp³-hybridized carbons (Fsp3) is 0.400. The molecular weight excluding hydrogens is 134 g/mol. The third kappa shape index (κ3) is 0.710. The van der Waals surface area contributed by atoms with E-state index in [-0.39, 0.29) is 0 Å².